The first kappa shape index (κ1) is 16.5. The van der Waals surface area contributed by atoms with Gasteiger partial charge in [-0.2, -0.15) is 0 Å². The first-order valence-electron chi connectivity index (χ1n) is 7.49. The third-order valence-corrected chi connectivity index (χ3v) is 4.39. The molecule has 0 aliphatic rings. The van der Waals surface area contributed by atoms with Crippen LogP contribution >= 0.6 is 11.3 Å². The minimum absolute atomic E-state index is 0.220. The van der Waals surface area contributed by atoms with Gasteiger partial charge in [0.15, 0.2) is 5.96 Å². The molecule has 22 heavy (non-hydrogen) atoms. The Morgan fingerprint density at radius 3 is 2.64 bits per heavy atom. The predicted molar refractivity (Wildman–Crippen MR) is 92.0 cm³/mol. The van der Waals surface area contributed by atoms with Crippen molar-refractivity contribution in [2.75, 3.05) is 13.1 Å². The van der Waals surface area contributed by atoms with Gasteiger partial charge >= 0.3 is 0 Å². The second-order valence-corrected chi connectivity index (χ2v) is 6.10. The average molecular weight is 319 g/mol. The van der Waals surface area contributed by atoms with E-state index in [2.05, 4.69) is 40.1 Å². The monoisotopic (exact) mass is 319 g/mol. The quantitative estimate of drug-likeness (QED) is 0.628. The van der Waals surface area contributed by atoms with Gasteiger partial charge in [-0.05, 0) is 36.1 Å². The molecule has 2 aromatic rings. The number of aliphatic imine (C=N–C) groups is 1. The molecule has 0 fully saturated rings. The third-order valence-electron chi connectivity index (χ3n) is 3.28. The lowest BCUT2D eigenvalue weighted by Gasteiger charge is -2.15. The zero-order valence-electron chi connectivity index (χ0n) is 13.0. The molecule has 2 rings (SSSR count). The van der Waals surface area contributed by atoms with E-state index >= 15 is 0 Å². The number of nitrogens with zero attached hydrogens (tertiary/aromatic N) is 1. The number of nitrogens with one attached hydrogen (secondary N) is 2. The highest BCUT2D eigenvalue weighted by Gasteiger charge is 2.07. The lowest BCUT2D eigenvalue weighted by molar-refractivity contribution is 0.627. The van der Waals surface area contributed by atoms with E-state index < -0.39 is 0 Å². The van der Waals surface area contributed by atoms with Crippen LogP contribution in [0.1, 0.15) is 30.2 Å². The molecule has 0 saturated heterocycles. The van der Waals surface area contributed by atoms with Crippen LogP contribution in [-0.2, 0) is 6.54 Å². The molecule has 1 unspecified atom stereocenters. The van der Waals surface area contributed by atoms with Gasteiger partial charge in [-0.1, -0.05) is 25.1 Å². The van der Waals surface area contributed by atoms with Gasteiger partial charge in [-0.25, -0.2) is 9.38 Å². The van der Waals surface area contributed by atoms with Gasteiger partial charge in [0.25, 0.3) is 0 Å². The first-order valence-corrected chi connectivity index (χ1v) is 8.37. The summed E-state index contributed by atoms with van der Waals surface area (Å²) >= 11 is 1.77. The maximum atomic E-state index is 12.9. The lowest BCUT2D eigenvalue weighted by Crippen LogP contribution is -2.39. The Morgan fingerprint density at radius 1 is 1.23 bits per heavy atom. The normalized spacial score (nSPS) is 13.0. The summed E-state index contributed by atoms with van der Waals surface area (Å²) in [5.41, 5.74) is 0.991. The molecule has 1 aromatic heterocycles. The van der Waals surface area contributed by atoms with Gasteiger partial charge < -0.3 is 10.6 Å². The Bertz CT molecular complexity index is 578. The van der Waals surface area contributed by atoms with E-state index in [1.165, 1.54) is 17.0 Å². The molecule has 118 valence electrons. The number of benzene rings is 1. The molecule has 1 heterocycles. The van der Waals surface area contributed by atoms with E-state index in [4.69, 9.17) is 0 Å². The molecule has 3 nitrogen and oxygen atoms in total. The summed E-state index contributed by atoms with van der Waals surface area (Å²) in [4.78, 5) is 5.90. The highest BCUT2D eigenvalue weighted by molar-refractivity contribution is 7.10. The minimum Gasteiger partial charge on any atom is -0.357 e. The standard InChI is InChI=1S/C17H22FN3S/c1-3-19-17(20-11-13(2)16-5-4-10-22-16)21-12-14-6-8-15(18)9-7-14/h4-10,13H,3,11-12H2,1-2H3,(H2,19,20,21). The summed E-state index contributed by atoms with van der Waals surface area (Å²) in [5.74, 6) is 1.01. The van der Waals surface area contributed by atoms with Gasteiger partial charge in [0.05, 0.1) is 6.54 Å². The topological polar surface area (TPSA) is 36.4 Å². The van der Waals surface area contributed by atoms with Crippen molar-refractivity contribution in [3.63, 3.8) is 0 Å². The van der Waals surface area contributed by atoms with Crippen molar-refractivity contribution in [3.05, 3.63) is 58.0 Å². The lowest BCUT2D eigenvalue weighted by atomic mass is 10.1. The Labute approximate surface area is 135 Å². The maximum absolute atomic E-state index is 12.9. The van der Waals surface area contributed by atoms with Crippen molar-refractivity contribution in [2.24, 2.45) is 4.99 Å². The van der Waals surface area contributed by atoms with Crippen LogP contribution in [-0.4, -0.2) is 19.0 Å². The van der Waals surface area contributed by atoms with E-state index in [-0.39, 0.29) is 5.82 Å². The van der Waals surface area contributed by atoms with Crippen LogP contribution in [0.25, 0.3) is 0 Å². The highest BCUT2D eigenvalue weighted by atomic mass is 32.1. The minimum atomic E-state index is -0.220. The van der Waals surface area contributed by atoms with Gasteiger partial charge in [-0.3, -0.25) is 0 Å². The fraction of sp³-hybridized carbons (Fsp3) is 0.353. The third kappa shape index (κ3) is 5.15. The molecule has 1 atom stereocenters. The number of guanidine groups is 1. The van der Waals surface area contributed by atoms with Crippen molar-refractivity contribution < 1.29 is 4.39 Å². The molecule has 0 radical (unpaired) electrons. The first-order chi connectivity index (χ1) is 10.7. The second kappa shape index (κ2) is 8.54. The Hall–Kier alpha value is -1.88. The summed E-state index contributed by atoms with van der Waals surface area (Å²) in [7, 11) is 0. The van der Waals surface area contributed by atoms with Crippen molar-refractivity contribution in [1.82, 2.24) is 10.6 Å². The number of thiophene rings is 1. The Morgan fingerprint density at radius 2 is 2.00 bits per heavy atom. The van der Waals surface area contributed by atoms with Crippen LogP contribution in [0.3, 0.4) is 0 Å². The van der Waals surface area contributed by atoms with Crippen LogP contribution in [0.2, 0.25) is 0 Å². The van der Waals surface area contributed by atoms with Crippen molar-refractivity contribution in [3.8, 4) is 0 Å². The smallest absolute Gasteiger partial charge is 0.191 e. The van der Waals surface area contributed by atoms with Crippen LogP contribution in [0, 0.1) is 5.82 Å². The second-order valence-electron chi connectivity index (χ2n) is 5.12. The number of rotatable bonds is 6. The largest absolute Gasteiger partial charge is 0.357 e. The van der Waals surface area contributed by atoms with Crippen molar-refractivity contribution in [1.29, 1.82) is 0 Å². The summed E-state index contributed by atoms with van der Waals surface area (Å²) in [6, 6.07) is 10.7. The predicted octanol–water partition coefficient (Wildman–Crippen LogP) is 3.75. The molecular formula is C17H22FN3S. The van der Waals surface area contributed by atoms with Crippen LogP contribution in [0.4, 0.5) is 4.39 Å². The van der Waals surface area contributed by atoms with Crippen molar-refractivity contribution in [2.45, 2.75) is 26.3 Å². The van der Waals surface area contributed by atoms with Crippen LogP contribution in [0.5, 0.6) is 0 Å². The maximum Gasteiger partial charge on any atom is 0.191 e. The molecule has 0 aliphatic carbocycles. The number of halogens is 1. The summed E-state index contributed by atoms with van der Waals surface area (Å²) < 4.78 is 12.9. The van der Waals surface area contributed by atoms with Crippen LogP contribution < -0.4 is 10.6 Å². The van der Waals surface area contributed by atoms with Gasteiger partial charge in [0.2, 0.25) is 0 Å². The number of hydrogen-bond acceptors (Lipinski definition) is 2. The van der Waals surface area contributed by atoms with E-state index in [9.17, 15) is 4.39 Å². The summed E-state index contributed by atoms with van der Waals surface area (Å²) in [6.45, 7) is 6.40. The van der Waals surface area contributed by atoms with E-state index in [0.717, 1.165) is 24.6 Å². The SMILES string of the molecule is CCNC(=NCc1ccc(F)cc1)NCC(C)c1cccs1. The molecule has 0 aliphatic heterocycles. The molecule has 1 aromatic carbocycles. The fourth-order valence-electron chi connectivity index (χ4n) is 2.02. The van der Waals surface area contributed by atoms with Crippen molar-refractivity contribution >= 4 is 17.3 Å². The highest BCUT2D eigenvalue weighted by Crippen LogP contribution is 2.19. The number of hydrogen-bond donors (Lipinski definition) is 2. The Balaban J connectivity index is 1.90. The molecule has 0 bridgehead atoms. The van der Waals surface area contributed by atoms with Gasteiger partial charge in [0.1, 0.15) is 5.82 Å². The summed E-state index contributed by atoms with van der Waals surface area (Å²) in [6.07, 6.45) is 0. The molecule has 0 amide bonds. The zero-order chi connectivity index (χ0) is 15.8. The summed E-state index contributed by atoms with van der Waals surface area (Å²) in [5, 5.41) is 8.69. The van der Waals surface area contributed by atoms with Gasteiger partial charge in [-0.15, -0.1) is 11.3 Å². The van der Waals surface area contributed by atoms with Gasteiger partial charge in [0, 0.05) is 23.9 Å². The Kier molecular flexibility index (Phi) is 6.40. The molecule has 0 saturated carbocycles. The molecule has 2 N–H and O–H groups in total. The average Bonchev–Trinajstić information content (AvgIpc) is 3.06. The molecule has 0 spiro atoms. The van der Waals surface area contributed by atoms with E-state index in [0.29, 0.717) is 12.5 Å². The van der Waals surface area contributed by atoms with Crippen LogP contribution in [0.15, 0.2) is 46.8 Å². The van der Waals surface area contributed by atoms with E-state index in [1.807, 2.05) is 6.92 Å². The molecule has 5 heteroatoms. The molecular weight excluding hydrogens is 297 g/mol. The fourth-order valence-corrected chi connectivity index (χ4v) is 2.81. The zero-order valence-corrected chi connectivity index (χ0v) is 13.8. The van der Waals surface area contributed by atoms with E-state index in [1.54, 1.807) is 23.5 Å².